The van der Waals surface area contributed by atoms with Crippen LogP contribution in [0.15, 0.2) is 35.4 Å². The molecule has 0 spiro atoms. The highest BCUT2D eigenvalue weighted by Gasteiger charge is 2.17. The number of nitrogens with one attached hydrogen (secondary N) is 1. The van der Waals surface area contributed by atoms with Crippen LogP contribution in [0, 0.1) is 0 Å². The van der Waals surface area contributed by atoms with Gasteiger partial charge in [0, 0.05) is 17.5 Å². The smallest absolute Gasteiger partial charge is 0.254 e. The third kappa shape index (κ3) is 1.31. The van der Waals surface area contributed by atoms with Crippen molar-refractivity contribution in [2.24, 2.45) is 0 Å². The molecule has 2 aromatic rings. The van der Waals surface area contributed by atoms with E-state index in [1.54, 1.807) is 0 Å². The lowest BCUT2D eigenvalue weighted by Crippen LogP contribution is -2.15. The standard InChI is InChI=1S/C12H10N2O2/c15-12-9-5-6-16-10-4-2-1-3-8(10)11(9)13-7-14-12/h1-4,7H,5-6H2,(H,13,14,15). The molecule has 3 rings (SSSR count). The number of hydrogen-bond donors (Lipinski definition) is 1. The predicted molar refractivity (Wildman–Crippen MR) is 59.5 cm³/mol. The van der Waals surface area contributed by atoms with Crippen LogP contribution in [0.3, 0.4) is 0 Å². The summed E-state index contributed by atoms with van der Waals surface area (Å²) in [6.07, 6.45) is 2.02. The third-order valence-corrected chi connectivity index (χ3v) is 2.70. The molecule has 1 aromatic heterocycles. The summed E-state index contributed by atoms with van der Waals surface area (Å²) in [6, 6.07) is 7.65. The minimum absolute atomic E-state index is 0.0784. The summed E-state index contributed by atoms with van der Waals surface area (Å²) in [5.74, 6) is 0.791. The fourth-order valence-electron chi connectivity index (χ4n) is 1.94. The van der Waals surface area contributed by atoms with Crippen molar-refractivity contribution in [1.82, 2.24) is 9.97 Å². The fraction of sp³-hybridized carbons (Fsp3) is 0.167. The first-order valence-corrected chi connectivity index (χ1v) is 5.15. The van der Waals surface area contributed by atoms with Gasteiger partial charge < -0.3 is 9.72 Å². The second kappa shape index (κ2) is 3.48. The number of nitrogens with zero attached hydrogens (tertiary/aromatic N) is 1. The lowest BCUT2D eigenvalue weighted by Gasteiger charge is -2.05. The van der Waals surface area contributed by atoms with Gasteiger partial charge in [-0.1, -0.05) is 12.1 Å². The monoisotopic (exact) mass is 214 g/mol. The van der Waals surface area contributed by atoms with Crippen molar-refractivity contribution < 1.29 is 4.74 Å². The number of benzene rings is 1. The van der Waals surface area contributed by atoms with Crippen molar-refractivity contribution in [2.75, 3.05) is 6.61 Å². The maximum Gasteiger partial charge on any atom is 0.254 e. The molecule has 80 valence electrons. The highest BCUT2D eigenvalue weighted by Crippen LogP contribution is 2.31. The van der Waals surface area contributed by atoms with Gasteiger partial charge in [-0.3, -0.25) is 4.79 Å². The molecule has 2 heterocycles. The van der Waals surface area contributed by atoms with Crippen LogP contribution in [0.1, 0.15) is 5.56 Å². The van der Waals surface area contributed by atoms with Gasteiger partial charge in [0.15, 0.2) is 0 Å². The van der Waals surface area contributed by atoms with Crippen molar-refractivity contribution >= 4 is 0 Å². The Kier molecular flexibility index (Phi) is 1.99. The van der Waals surface area contributed by atoms with Crippen LogP contribution in [-0.4, -0.2) is 16.6 Å². The minimum atomic E-state index is -0.0784. The average Bonchev–Trinajstić information content (AvgIpc) is 2.50. The molecule has 0 amide bonds. The molecule has 0 aliphatic carbocycles. The van der Waals surface area contributed by atoms with Crippen molar-refractivity contribution in [3.8, 4) is 17.0 Å². The zero-order valence-electron chi connectivity index (χ0n) is 8.56. The topological polar surface area (TPSA) is 55.0 Å². The molecule has 4 heteroatoms. The molecule has 0 bridgehead atoms. The van der Waals surface area contributed by atoms with E-state index in [0.717, 1.165) is 17.0 Å². The van der Waals surface area contributed by atoms with Crippen LogP contribution in [0.25, 0.3) is 11.3 Å². The number of aromatic nitrogens is 2. The van der Waals surface area contributed by atoms with Gasteiger partial charge in [0.05, 0.1) is 18.6 Å². The largest absolute Gasteiger partial charge is 0.493 e. The molecule has 0 saturated carbocycles. The molecule has 0 fully saturated rings. The first kappa shape index (κ1) is 9.15. The normalized spacial score (nSPS) is 13.2. The summed E-state index contributed by atoms with van der Waals surface area (Å²) in [7, 11) is 0. The zero-order valence-corrected chi connectivity index (χ0v) is 8.56. The van der Waals surface area contributed by atoms with E-state index in [2.05, 4.69) is 9.97 Å². The summed E-state index contributed by atoms with van der Waals surface area (Å²) in [5.41, 5.74) is 2.25. The Balaban J connectivity index is 2.34. The Morgan fingerprint density at radius 1 is 1.31 bits per heavy atom. The summed E-state index contributed by atoms with van der Waals surface area (Å²) >= 11 is 0. The number of rotatable bonds is 0. The first-order valence-electron chi connectivity index (χ1n) is 5.15. The number of ether oxygens (including phenoxy) is 1. The fourth-order valence-corrected chi connectivity index (χ4v) is 1.94. The summed E-state index contributed by atoms with van der Waals surface area (Å²) in [6.45, 7) is 0.513. The Bertz CT molecular complexity index is 590. The van der Waals surface area contributed by atoms with E-state index in [9.17, 15) is 4.79 Å². The van der Waals surface area contributed by atoms with Crippen molar-refractivity contribution in [2.45, 2.75) is 6.42 Å². The Morgan fingerprint density at radius 3 is 3.12 bits per heavy atom. The van der Waals surface area contributed by atoms with E-state index in [4.69, 9.17) is 4.74 Å². The van der Waals surface area contributed by atoms with Crippen LogP contribution < -0.4 is 10.3 Å². The second-order valence-corrected chi connectivity index (χ2v) is 3.65. The summed E-state index contributed by atoms with van der Waals surface area (Å²) < 4.78 is 5.59. The zero-order chi connectivity index (χ0) is 11.0. The SMILES string of the molecule is O=c1[nH]cnc2c1CCOc1ccccc1-2. The molecule has 1 aromatic carbocycles. The van der Waals surface area contributed by atoms with Crippen LogP contribution in [-0.2, 0) is 6.42 Å². The predicted octanol–water partition coefficient (Wildman–Crippen LogP) is 1.37. The van der Waals surface area contributed by atoms with E-state index >= 15 is 0 Å². The summed E-state index contributed by atoms with van der Waals surface area (Å²) in [5, 5.41) is 0. The first-order chi connectivity index (χ1) is 7.86. The molecule has 0 atom stereocenters. The van der Waals surface area contributed by atoms with Crippen molar-refractivity contribution in [3.63, 3.8) is 0 Å². The maximum atomic E-state index is 11.7. The second-order valence-electron chi connectivity index (χ2n) is 3.65. The van der Waals surface area contributed by atoms with Gasteiger partial charge >= 0.3 is 0 Å². The van der Waals surface area contributed by atoms with Crippen molar-refractivity contribution in [3.05, 3.63) is 46.5 Å². The minimum Gasteiger partial charge on any atom is -0.493 e. The number of fused-ring (bicyclic) bond motifs is 3. The molecule has 16 heavy (non-hydrogen) atoms. The lowest BCUT2D eigenvalue weighted by molar-refractivity contribution is 0.326. The van der Waals surface area contributed by atoms with Gasteiger partial charge in [-0.15, -0.1) is 0 Å². The molecule has 1 aliphatic heterocycles. The Morgan fingerprint density at radius 2 is 2.19 bits per heavy atom. The van der Waals surface area contributed by atoms with Gasteiger partial charge in [-0.25, -0.2) is 4.98 Å². The molecule has 1 N–H and O–H groups in total. The molecule has 0 saturated heterocycles. The highest BCUT2D eigenvalue weighted by molar-refractivity contribution is 5.70. The van der Waals surface area contributed by atoms with E-state index < -0.39 is 0 Å². The Labute approximate surface area is 91.9 Å². The average molecular weight is 214 g/mol. The highest BCUT2D eigenvalue weighted by atomic mass is 16.5. The van der Waals surface area contributed by atoms with Gasteiger partial charge in [0.1, 0.15) is 5.75 Å². The van der Waals surface area contributed by atoms with E-state index in [1.807, 2.05) is 24.3 Å². The maximum absolute atomic E-state index is 11.7. The number of aromatic amines is 1. The van der Waals surface area contributed by atoms with E-state index in [1.165, 1.54) is 6.33 Å². The van der Waals surface area contributed by atoms with Crippen LogP contribution in [0.5, 0.6) is 5.75 Å². The number of H-pyrrole nitrogens is 1. The van der Waals surface area contributed by atoms with E-state index in [-0.39, 0.29) is 5.56 Å². The Hall–Kier alpha value is -2.10. The van der Waals surface area contributed by atoms with Crippen LogP contribution in [0.2, 0.25) is 0 Å². The van der Waals surface area contributed by atoms with Crippen LogP contribution >= 0.6 is 0 Å². The lowest BCUT2D eigenvalue weighted by atomic mass is 10.1. The number of para-hydroxylation sites is 1. The van der Waals surface area contributed by atoms with E-state index in [0.29, 0.717) is 18.6 Å². The van der Waals surface area contributed by atoms with Gasteiger partial charge in [0.25, 0.3) is 5.56 Å². The number of hydrogen-bond acceptors (Lipinski definition) is 3. The molecule has 4 nitrogen and oxygen atoms in total. The third-order valence-electron chi connectivity index (χ3n) is 2.70. The molecular weight excluding hydrogens is 204 g/mol. The van der Waals surface area contributed by atoms with Gasteiger partial charge in [0.2, 0.25) is 0 Å². The van der Waals surface area contributed by atoms with Gasteiger partial charge in [-0.2, -0.15) is 0 Å². The molecule has 0 unspecified atom stereocenters. The molecular formula is C12H10N2O2. The van der Waals surface area contributed by atoms with Crippen LogP contribution in [0.4, 0.5) is 0 Å². The van der Waals surface area contributed by atoms with Gasteiger partial charge in [-0.05, 0) is 12.1 Å². The molecule has 1 aliphatic rings. The quantitative estimate of drug-likeness (QED) is 0.720. The summed E-state index contributed by atoms with van der Waals surface area (Å²) in [4.78, 5) is 18.5. The molecule has 0 radical (unpaired) electrons. The van der Waals surface area contributed by atoms with Crippen molar-refractivity contribution in [1.29, 1.82) is 0 Å².